The fourth-order valence-electron chi connectivity index (χ4n) is 1.05. The Morgan fingerprint density at radius 3 is 3.00 bits per heavy atom. The maximum absolute atomic E-state index is 11.6. The summed E-state index contributed by atoms with van der Waals surface area (Å²) in [5, 5.41) is 10.0. The number of aromatic nitrogens is 3. The van der Waals surface area contributed by atoms with E-state index in [0.717, 1.165) is 4.47 Å². The van der Waals surface area contributed by atoms with Gasteiger partial charge in [0.05, 0.1) is 0 Å². The van der Waals surface area contributed by atoms with Crippen LogP contribution in [0.15, 0.2) is 35.1 Å². The molecular weight excluding hydrogens is 260 g/mol. The number of halogens is 1. The highest BCUT2D eigenvalue weighted by atomic mass is 79.9. The Morgan fingerprint density at radius 2 is 2.40 bits per heavy atom. The fourth-order valence-corrected chi connectivity index (χ4v) is 1.39. The number of amides is 1. The summed E-state index contributed by atoms with van der Waals surface area (Å²) in [5.41, 5.74) is 0.465. The highest BCUT2D eigenvalue weighted by molar-refractivity contribution is 9.10. The van der Waals surface area contributed by atoms with Gasteiger partial charge in [0.25, 0.3) is 5.91 Å². The van der Waals surface area contributed by atoms with Crippen molar-refractivity contribution in [2.45, 2.75) is 0 Å². The van der Waals surface area contributed by atoms with E-state index in [1.807, 2.05) is 0 Å². The van der Waals surface area contributed by atoms with Gasteiger partial charge in [-0.25, -0.2) is 0 Å². The highest BCUT2D eigenvalue weighted by Crippen LogP contribution is 2.11. The van der Waals surface area contributed by atoms with Crippen molar-refractivity contribution < 1.29 is 4.79 Å². The van der Waals surface area contributed by atoms with Gasteiger partial charge in [0.2, 0.25) is 0 Å². The quantitative estimate of drug-likeness (QED) is 0.871. The standard InChI is InChI=1S/C9H7BrN4O/c10-6-4-7(11-5-6)9(15)13-8-2-1-3-12-14-8/h1-5,11H,(H,13,14,15). The van der Waals surface area contributed by atoms with E-state index in [9.17, 15) is 4.79 Å². The second-order valence-corrected chi connectivity index (χ2v) is 3.71. The van der Waals surface area contributed by atoms with Crippen LogP contribution < -0.4 is 5.32 Å². The number of carbonyl (C=O) groups excluding carboxylic acids is 1. The molecule has 76 valence electrons. The zero-order valence-electron chi connectivity index (χ0n) is 7.57. The number of aromatic amines is 1. The van der Waals surface area contributed by atoms with Gasteiger partial charge in [-0.2, -0.15) is 5.10 Å². The molecule has 0 spiro atoms. The molecule has 15 heavy (non-hydrogen) atoms. The van der Waals surface area contributed by atoms with E-state index >= 15 is 0 Å². The Hall–Kier alpha value is -1.69. The smallest absolute Gasteiger partial charge is 0.273 e. The van der Waals surface area contributed by atoms with Crippen molar-refractivity contribution in [2.75, 3.05) is 5.32 Å². The van der Waals surface area contributed by atoms with Crippen molar-refractivity contribution in [3.05, 3.63) is 40.8 Å². The van der Waals surface area contributed by atoms with E-state index in [4.69, 9.17) is 0 Å². The lowest BCUT2D eigenvalue weighted by Gasteiger charge is -2.00. The van der Waals surface area contributed by atoms with E-state index < -0.39 is 0 Å². The van der Waals surface area contributed by atoms with Crippen LogP contribution in [-0.4, -0.2) is 21.1 Å². The number of anilines is 1. The SMILES string of the molecule is O=C(Nc1cccnn1)c1cc(Br)c[nH]1. The van der Waals surface area contributed by atoms with Crippen LogP contribution in [0.5, 0.6) is 0 Å². The maximum atomic E-state index is 11.6. The molecule has 0 aliphatic rings. The molecule has 0 atom stereocenters. The van der Waals surface area contributed by atoms with Crippen LogP contribution in [-0.2, 0) is 0 Å². The molecule has 1 amide bonds. The largest absolute Gasteiger partial charge is 0.356 e. The van der Waals surface area contributed by atoms with Gasteiger partial charge < -0.3 is 10.3 Å². The van der Waals surface area contributed by atoms with Gasteiger partial charge in [0.1, 0.15) is 5.69 Å². The number of nitrogens with zero attached hydrogens (tertiary/aromatic N) is 2. The van der Waals surface area contributed by atoms with Crippen molar-refractivity contribution in [2.24, 2.45) is 0 Å². The lowest BCUT2D eigenvalue weighted by Crippen LogP contribution is -2.13. The van der Waals surface area contributed by atoms with Gasteiger partial charge >= 0.3 is 0 Å². The van der Waals surface area contributed by atoms with Crippen LogP contribution in [0.4, 0.5) is 5.82 Å². The van der Waals surface area contributed by atoms with E-state index in [0.29, 0.717) is 11.5 Å². The number of carbonyl (C=O) groups is 1. The number of hydrogen-bond donors (Lipinski definition) is 2. The monoisotopic (exact) mass is 266 g/mol. The van der Waals surface area contributed by atoms with E-state index in [1.54, 1.807) is 30.6 Å². The molecule has 0 radical (unpaired) electrons. The second kappa shape index (κ2) is 4.22. The summed E-state index contributed by atoms with van der Waals surface area (Å²) < 4.78 is 0.826. The van der Waals surface area contributed by atoms with Gasteiger partial charge in [-0.1, -0.05) is 0 Å². The summed E-state index contributed by atoms with van der Waals surface area (Å²) in [6.45, 7) is 0. The first kappa shape index (κ1) is 9.85. The summed E-state index contributed by atoms with van der Waals surface area (Å²) in [6, 6.07) is 5.06. The number of hydrogen-bond acceptors (Lipinski definition) is 3. The first-order valence-electron chi connectivity index (χ1n) is 4.18. The molecular formula is C9H7BrN4O. The predicted molar refractivity (Wildman–Crippen MR) is 58.5 cm³/mol. The van der Waals surface area contributed by atoms with Gasteiger partial charge in [-0.15, -0.1) is 5.10 Å². The summed E-state index contributed by atoms with van der Waals surface area (Å²) in [4.78, 5) is 14.4. The third-order valence-electron chi connectivity index (χ3n) is 1.71. The maximum Gasteiger partial charge on any atom is 0.273 e. The Morgan fingerprint density at radius 1 is 1.53 bits per heavy atom. The van der Waals surface area contributed by atoms with E-state index in [-0.39, 0.29) is 5.91 Å². The molecule has 6 heteroatoms. The minimum Gasteiger partial charge on any atom is -0.356 e. The number of rotatable bonds is 2. The number of nitrogens with one attached hydrogen (secondary N) is 2. The van der Waals surface area contributed by atoms with Crippen LogP contribution in [0, 0.1) is 0 Å². The van der Waals surface area contributed by atoms with Crippen molar-refractivity contribution >= 4 is 27.7 Å². The molecule has 0 bridgehead atoms. The number of H-pyrrole nitrogens is 1. The topological polar surface area (TPSA) is 70.7 Å². The van der Waals surface area contributed by atoms with Crippen LogP contribution in [0.1, 0.15) is 10.5 Å². The minimum absolute atomic E-state index is 0.249. The molecule has 0 saturated heterocycles. The Kier molecular flexibility index (Phi) is 2.77. The molecule has 2 aromatic heterocycles. The van der Waals surface area contributed by atoms with Crippen molar-refractivity contribution in [3.63, 3.8) is 0 Å². The molecule has 0 aliphatic carbocycles. The Bertz CT molecular complexity index is 468. The summed E-state index contributed by atoms with van der Waals surface area (Å²) in [6.07, 6.45) is 3.23. The predicted octanol–water partition coefficient (Wildman–Crippen LogP) is 1.82. The molecule has 0 saturated carbocycles. The molecule has 2 rings (SSSR count). The summed E-state index contributed by atoms with van der Waals surface area (Å²) in [7, 11) is 0. The molecule has 2 aromatic rings. The van der Waals surface area contributed by atoms with Crippen LogP contribution in [0.2, 0.25) is 0 Å². The Balaban J connectivity index is 2.11. The van der Waals surface area contributed by atoms with Gasteiger partial charge in [-0.3, -0.25) is 4.79 Å². The molecule has 0 fully saturated rings. The van der Waals surface area contributed by atoms with Gasteiger partial charge in [0.15, 0.2) is 5.82 Å². The first-order valence-corrected chi connectivity index (χ1v) is 4.98. The fraction of sp³-hybridized carbons (Fsp3) is 0. The second-order valence-electron chi connectivity index (χ2n) is 2.79. The van der Waals surface area contributed by atoms with Crippen molar-refractivity contribution in [3.8, 4) is 0 Å². The normalized spacial score (nSPS) is 9.93. The lowest BCUT2D eigenvalue weighted by molar-refractivity contribution is 0.102. The van der Waals surface area contributed by atoms with Crippen LogP contribution >= 0.6 is 15.9 Å². The van der Waals surface area contributed by atoms with Gasteiger partial charge in [-0.05, 0) is 34.1 Å². The minimum atomic E-state index is -0.249. The molecule has 0 aliphatic heterocycles. The highest BCUT2D eigenvalue weighted by Gasteiger charge is 2.08. The molecule has 2 N–H and O–H groups in total. The first-order chi connectivity index (χ1) is 7.25. The van der Waals surface area contributed by atoms with Gasteiger partial charge in [0, 0.05) is 16.9 Å². The van der Waals surface area contributed by atoms with E-state index in [2.05, 4.69) is 36.4 Å². The zero-order valence-corrected chi connectivity index (χ0v) is 9.15. The van der Waals surface area contributed by atoms with Crippen molar-refractivity contribution in [1.29, 1.82) is 0 Å². The molecule has 5 nitrogen and oxygen atoms in total. The lowest BCUT2D eigenvalue weighted by atomic mass is 10.4. The van der Waals surface area contributed by atoms with Crippen molar-refractivity contribution in [1.82, 2.24) is 15.2 Å². The zero-order chi connectivity index (χ0) is 10.7. The third-order valence-corrected chi connectivity index (χ3v) is 2.16. The molecule has 0 aromatic carbocycles. The molecule has 2 heterocycles. The summed E-state index contributed by atoms with van der Waals surface area (Å²) in [5.74, 6) is 0.175. The van der Waals surface area contributed by atoms with Crippen LogP contribution in [0.25, 0.3) is 0 Å². The molecule has 0 unspecified atom stereocenters. The third kappa shape index (κ3) is 2.41. The summed E-state index contributed by atoms with van der Waals surface area (Å²) >= 11 is 3.25. The average Bonchev–Trinajstić information content (AvgIpc) is 2.66. The average molecular weight is 267 g/mol. The van der Waals surface area contributed by atoms with E-state index in [1.165, 1.54) is 0 Å². The Labute approximate surface area is 94.0 Å². The van der Waals surface area contributed by atoms with Crippen LogP contribution in [0.3, 0.4) is 0 Å².